The Labute approximate surface area is 90.2 Å². The second kappa shape index (κ2) is 8.02. The van der Waals surface area contributed by atoms with Crippen molar-refractivity contribution in [3.8, 4) is 0 Å². The SMILES string of the molecule is CCCCC(CCC)N=C(C)I. The highest BCUT2D eigenvalue weighted by Crippen LogP contribution is 2.12. The number of hydrogen-bond donors (Lipinski definition) is 0. The lowest BCUT2D eigenvalue weighted by Gasteiger charge is -2.10. The third-order valence-electron chi connectivity index (χ3n) is 1.87. The van der Waals surface area contributed by atoms with Gasteiger partial charge in [-0.25, -0.2) is 0 Å². The molecular weight excluding hydrogens is 261 g/mol. The van der Waals surface area contributed by atoms with E-state index in [1.54, 1.807) is 0 Å². The van der Waals surface area contributed by atoms with Crippen LogP contribution in [0.15, 0.2) is 4.99 Å². The molecule has 0 N–H and O–H groups in total. The Bertz CT molecular complexity index is 128. The van der Waals surface area contributed by atoms with Crippen molar-refractivity contribution in [3.63, 3.8) is 0 Å². The Morgan fingerprint density at radius 3 is 2.33 bits per heavy atom. The van der Waals surface area contributed by atoms with E-state index < -0.39 is 0 Å². The summed E-state index contributed by atoms with van der Waals surface area (Å²) in [5.41, 5.74) is 0. The highest BCUT2D eigenvalue weighted by molar-refractivity contribution is 14.1. The van der Waals surface area contributed by atoms with Crippen LogP contribution in [0.4, 0.5) is 0 Å². The van der Waals surface area contributed by atoms with Gasteiger partial charge in [-0.15, -0.1) is 0 Å². The zero-order valence-corrected chi connectivity index (χ0v) is 10.6. The van der Waals surface area contributed by atoms with Crippen LogP contribution >= 0.6 is 22.6 Å². The maximum absolute atomic E-state index is 4.61. The van der Waals surface area contributed by atoms with Crippen LogP contribution in [0.2, 0.25) is 0 Å². The first-order valence-electron chi connectivity index (χ1n) is 4.90. The van der Waals surface area contributed by atoms with E-state index in [0.29, 0.717) is 6.04 Å². The quantitative estimate of drug-likeness (QED) is 0.511. The number of nitrogens with zero attached hydrogens (tertiary/aromatic N) is 1. The largest absolute Gasteiger partial charge is 0.280 e. The molecule has 0 saturated carbocycles. The molecule has 0 aromatic carbocycles. The molecule has 0 aliphatic rings. The predicted octanol–water partition coefficient (Wildman–Crippen LogP) is 4.20. The predicted molar refractivity (Wildman–Crippen MR) is 65.4 cm³/mol. The second-order valence-corrected chi connectivity index (χ2v) is 4.77. The Hall–Kier alpha value is 0.400. The van der Waals surface area contributed by atoms with E-state index in [2.05, 4.69) is 48.4 Å². The van der Waals surface area contributed by atoms with Gasteiger partial charge in [-0.2, -0.15) is 0 Å². The zero-order chi connectivity index (χ0) is 9.40. The van der Waals surface area contributed by atoms with Crippen molar-refractivity contribution < 1.29 is 0 Å². The van der Waals surface area contributed by atoms with Gasteiger partial charge in [0, 0.05) is 0 Å². The summed E-state index contributed by atoms with van der Waals surface area (Å²) in [5.74, 6) is 0. The van der Waals surface area contributed by atoms with Crippen LogP contribution in [-0.2, 0) is 0 Å². The minimum absolute atomic E-state index is 0.590. The summed E-state index contributed by atoms with van der Waals surface area (Å²) in [6.45, 7) is 6.55. The second-order valence-electron chi connectivity index (χ2n) is 3.21. The van der Waals surface area contributed by atoms with E-state index >= 15 is 0 Å². The maximum atomic E-state index is 4.61. The molecule has 2 heteroatoms. The van der Waals surface area contributed by atoms with Crippen molar-refractivity contribution in [2.75, 3.05) is 0 Å². The Kier molecular flexibility index (Phi) is 8.29. The lowest BCUT2D eigenvalue weighted by Crippen LogP contribution is -2.04. The van der Waals surface area contributed by atoms with Crippen LogP contribution in [0.5, 0.6) is 0 Å². The first kappa shape index (κ1) is 12.4. The molecule has 72 valence electrons. The lowest BCUT2D eigenvalue weighted by atomic mass is 10.1. The van der Waals surface area contributed by atoms with Gasteiger partial charge < -0.3 is 0 Å². The zero-order valence-electron chi connectivity index (χ0n) is 8.44. The van der Waals surface area contributed by atoms with Crippen LogP contribution in [0.1, 0.15) is 52.9 Å². The summed E-state index contributed by atoms with van der Waals surface area (Å²) in [5, 5.41) is 0. The molecule has 0 radical (unpaired) electrons. The molecule has 0 fully saturated rings. The molecule has 0 bridgehead atoms. The highest BCUT2D eigenvalue weighted by atomic mass is 127. The number of hydrogen-bond acceptors (Lipinski definition) is 1. The molecule has 1 unspecified atom stereocenters. The Morgan fingerprint density at radius 2 is 1.92 bits per heavy atom. The van der Waals surface area contributed by atoms with Crippen LogP contribution in [0, 0.1) is 0 Å². The van der Waals surface area contributed by atoms with Gasteiger partial charge >= 0.3 is 0 Å². The number of rotatable bonds is 6. The van der Waals surface area contributed by atoms with Crippen LogP contribution < -0.4 is 0 Å². The van der Waals surface area contributed by atoms with Crippen molar-refractivity contribution in [1.82, 2.24) is 0 Å². The molecule has 0 heterocycles. The normalized spacial score (nSPS) is 14.8. The topological polar surface area (TPSA) is 12.4 Å². The standard InChI is InChI=1S/C10H20IN/c1-4-6-8-10(7-5-2)12-9(3)11/h10H,4-8H2,1-3H3. The van der Waals surface area contributed by atoms with E-state index in [-0.39, 0.29) is 0 Å². The molecule has 0 spiro atoms. The summed E-state index contributed by atoms with van der Waals surface area (Å²) in [6.07, 6.45) is 6.38. The van der Waals surface area contributed by atoms with Crippen LogP contribution in [0.3, 0.4) is 0 Å². The first-order chi connectivity index (χ1) is 5.70. The maximum Gasteiger partial charge on any atom is 0.0701 e. The van der Waals surface area contributed by atoms with E-state index in [1.165, 1.54) is 35.8 Å². The minimum atomic E-state index is 0.590. The van der Waals surface area contributed by atoms with E-state index in [4.69, 9.17) is 0 Å². The monoisotopic (exact) mass is 281 g/mol. The average Bonchev–Trinajstić information content (AvgIpc) is 2.00. The molecule has 0 aliphatic heterocycles. The first-order valence-corrected chi connectivity index (χ1v) is 5.98. The summed E-state index contributed by atoms with van der Waals surface area (Å²) in [7, 11) is 0. The van der Waals surface area contributed by atoms with Gasteiger partial charge in [0.15, 0.2) is 0 Å². The number of aliphatic imine (C=N–C) groups is 1. The van der Waals surface area contributed by atoms with Crippen LogP contribution in [-0.4, -0.2) is 9.76 Å². The van der Waals surface area contributed by atoms with Crippen molar-refractivity contribution in [2.45, 2.75) is 58.9 Å². The van der Waals surface area contributed by atoms with E-state index in [1.807, 2.05) is 0 Å². The average molecular weight is 281 g/mol. The smallest absolute Gasteiger partial charge is 0.0701 e. The van der Waals surface area contributed by atoms with Crippen molar-refractivity contribution in [2.24, 2.45) is 4.99 Å². The van der Waals surface area contributed by atoms with Gasteiger partial charge in [0.25, 0.3) is 0 Å². The summed E-state index contributed by atoms with van der Waals surface area (Å²) in [4.78, 5) is 4.61. The molecule has 0 saturated heterocycles. The lowest BCUT2D eigenvalue weighted by molar-refractivity contribution is 0.538. The molecule has 12 heavy (non-hydrogen) atoms. The highest BCUT2D eigenvalue weighted by Gasteiger charge is 2.04. The van der Waals surface area contributed by atoms with Crippen LogP contribution in [0.25, 0.3) is 0 Å². The number of unbranched alkanes of at least 4 members (excludes halogenated alkanes) is 1. The molecule has 0 rings (SSSR count). The summed E-state index contributed by atoms with van der Waals surface area (Å²) < 4.78 is 1.20. The summed E-state index contributed by atoms with van der Waals surface area (Å²) >= 11 is 2.30. The van der Waals surface area contributed by atoms with Gasteiger partial charge in [-0.05, 0) is 42.4 Å². The van der Waals surface area contributed by atoms with Gasteiger partial charge in [0.2, 0.25) is 0 Å². The molecular formula is C10H20IN. The van der Waals surface area contributed by atoms with Crippen molar-refractivity contribution in [3.05, 3.63) is 0 Å². The third-order valence-corrected chi connectivity index (χ3v) is 2.15. The fourth-order valence-corrected chi connectivity index (χ4v) is 1.69. The Morgan fingerprint density at radius 1 is 1.25 bits per heavy atom. The molecule has 0 aliphatic carbocycles. The van der Waals surface area contributed by atoms with Gasteiger partial charge in [0.1, 0.15) is 0 Å². The molecule has 0 amide bonds. The molecule has 0 aromatic heterocycles. The summed E-state index contributed by atoms with van der Waals surface area (Å²) in [6, 6.07) is 0.590. The molecule has 1 nitrogen and oxygen atoms in total. The Balaban J connectivity index is 3.78. The molecule has 1 atom stereocenters. The molecule has 0 aromatic rings. The third kappa shape index (κ3) is 7.07. The van der Waals surface area contributed by atoms with Gasteiger partial charge in [-0.3, -0.25) is 4.99 Å². The van der Waals surface area contributed by atoms with Gasteiger partial charge in [0.05, 0.1) is 9.76 Å². The van der Waals surface area contributed by atoms with E-state index in [9.17, 15) is 0 Å². The van der Waals surface area contributed by atoms with Crippen molar-refractivity contribution >= 4 is 26.3 Å². The number of halogens is 1. The fourth-order valence-electron chi connectivity index (χ4n) is 1.30. The van der Waals surface area contributed by atoms with Crippen molar-refractivity contribution in [1.29, 1.82) is 0 Å². The van der Waals surface area contributed by atoms with E-state index in [0.717, 1.165) is 0 Å². The van der Waals surface area contributed by atoms with Gasteiger partial charge in [-0.1, -0.05) is 33.1 Å². The fraction of sp³-hybridized carbons (Fsp3) is 0.900. The minimum Gasteiger partial charge on any atom is -0.280 e.